The van der Waals surface area contributed by atoms with E-state index in [9.17, 15) is 4.21 Å². The fourth-order valence-corrected chi connectivity index (χ4v) is 4.05. The van der Waals surface area contributed by atoms with Crippen LogP contribution in [0.4, 0.5) is 0 Å². The lowest BCUT2D eigenvalue weighted by Gasteiger charge is -2.21. The molecule has 0 amide bonds. The number of benzene rings is 1. The Morgan fingerprint density at radius 3 is 2.53 bits per heavy atom. The SMILES string of the molecule is Cc1cc(C)c(C2CS(=O)CCCN2)c(C)c1. The normalized spacial score (nSPS) is 25.6. The van der Waals surface area contributed by atoms with Crippen LogP contribution in [0.2, 0.25) is 0 Å². The predicted molar refractivity (Wildman–Crippen MR) is 73.9 cm³/mol. The highest BCUT2D eigenvalue weighted by Crippen LogP contribution is 2.25. The first kappa shape index (κ1) is 12.8. The molecule has 1 aliphatic rings. The molecule has 1 saturated heterocycles. The van der Waals surface area contributed by atoms with Gasteiger partial charge in [0, 0.05) is 28.3 Å². The van der Waals surface area contributed by atoms with Gasteiger partial charge in [-0.3, -0.25) is 4.21 Å². The lowest BCUT2D eigenvalue weighted by Crippen LogP contribution is -2.25. The monoisotopic (exact) mass is 251 g/mol. The Labute approximate surface area is 106 Å². The van der Waals surface area contributed by atoms with E-state index in [1.54, 1.807) is 0 Å². The fraction of sp³-hybridized carbons (Fsp3) is 0.571. The maximum atomic E-state index is 11.8. The molecule has 1 fully saturated rings. The molecule has 17 heavy (non-hydrogen) atoms. The number of rotatable bonds is 1. The van der Waals surface area contributed by atoms with Crippen LogP contribution in [-0.4, -0.2) is 22.3 Å². The summed E-state index contributed by atoms with van der Waals surface area (Å²) in [6, 6.07) is 4.70. The predicted octanol–water partition coefficient (Wildman–Crippen LogP) is 2.39. The number of aryl methyl sites for hydroxylation is 3. The first-order chi connectivity index (χ1) is 8.08. The van der Waals surface area contributed by atoms with Crippen molar-refractivity contribution >= 4 is 10.8 Å². The van der Waals surface area contributed by atoms with E-state index < -0.39 is 10.8 Å². The topological polar surface area (TPSA) is 29.1 Å². The van der Waals surface area contributed by atoms with E-state index in [4.69, 9.17) is 0 Å². The smallest absolute Gasteiger partial charge is 0.0442 e. The van der Waals surface area contributed by atoms with Gasteiger partial charge in [0.25, 0.3) is 0 Å². The summed E-state index contributed by atoms with van der Waals surface area (Å²) in [5.74, 6) is 1.60. The van der Waals surface area contributed by atoms with Crippen molar-refractivity contribution in [2.45, 2.75) is 33.2 Å². The molecule has 94 valence electrons. The van der Waals surface area contributed by atoms with E-state index in [1.807, 2.05) is 0 Å². The van der Waals surface area contributed by atoms with Crippen molar-refractivity contribution in [3.63, 3.8) is 0 Å². The lowest BCUT2D eigenvalue weighted by molar-refractivity contribution is 0.582. The van der Waals surface area contributed by atoms with Crippen molar-refractivity contribution in [1.29, 1.82) is 0 Å². The van der Waals surface area contributed by atoms with E-state index >= 15 is 0 Å². The van der Waals surface area contributed by atoms with Crippen LogP contribution >= 0.6 is 0 Å². The molecule has 1 heterocycles. The zero-order valence-electron chi connectivity index (χ0n) is 10.9. The number of nitrogens with one attached hydrogen (secondary N) is 1. The first-order valence-corrected chi connectivity index (χ1v) is 7.73. The molecule has 0 spiro atoms. The molecule has 1 aromatic rings. The van der Waals surface area contributed by atoms with E-state index in [-0.39, 0.29) is 6.04 Å². The fourth-order valence-electron chi connectivity index (χ4n) is 2.76. The average molecular weight is 251 g/mol. The molecule has 0 radical (unpaired) electrons. The van der Waals surface area contributed by atoms with Crippen molar-refractivity contribution in [3.05, 3.63) is 34.4 Å². The van der Waals surface area contributed by atoms with Crippen LogP contribution in [0.1, 0.15) is 34.7 Å². The second-order valence-corrected chi connectivity index (χ2v) is 6.60. The van der Waals surface area contributed by atoms with Gasteiger partial charge in [0.15, 0.2) is 0 Å². The van der Waals surface area contributed by atoms with Gasteiger partial charge in [-0.25, -0.2) is 0 Å². The molecule has 1 aromatic carbocycles. The van der Waals surface area contributed by atoms with Gasteiger partial charge in [-0.1, -0.05) is 17.7 Å². The zero-order chi connectivity index (χ0) is 12.4. The van der Waals surface area contributed by atoms with E-state index in [0.29, 0.717) is 0 Å². The molecule has 2 rings (SSSR count). The van der Waals surface area contributed by atoms with Gasteiger partial charge in [-0.15, -0.1) is 0 Å². The average Bonchev–Trinajstić information content (AvgIpc) is 2.41. The molecule has 1 aliphatic heterocycles. The summed E-state index contributed by atoms with van der Waals surface area (Å²) in [5, 5.41) is 3.54. The van der Waals surface area contributed by atoms with E-state index in [0.717, 1.165) is 24.5 Å². The molecule has 2 unspecified atom stereocenters. The third-order valence-electron chi connectivity index (χ3n) is 3.38. The van der Waals surface area contributed by atoms with Crippen LogP contribution in [0, 0.1) is 20.8 Å². The van der Waals surface area contributed by atoms with Crippen LogP contribution in [0.3, 0.4) is 0 Å². The molecular formula is C14H21NOS. The molecule has 0 saturated carbocycles. The van der Waals surface area contributed by atoms with Crippen molar-refractivity contribution in [1.82, 2.24) is 5.32 Å². The number of hydrogen-bond donors (Lipinski definition) is 1. The van der Waals surface area contributed by atoms with Crippen molar-refractivity contribution in [2.75, 3.05) is 18.1 Å². The van der Waals surface area contributed by atoms with Crippen LogP contribution in [0.15, 0.2) is 12.1 Å². The quantitative estimate of drug-likeness (QED) is 0.830. The van der Waals surface area contributed by atoms with Gasteiger partial charge in [0.1, 0.15) is 0 Å². The summed E-state index contributed by atoms with van der Waals surface area (Å²) in [6.07, 6.45) is 1.02. The molecule has 1 N–H and O–H groups in total. The van der Waals surface area contributed by atoms with Gasteiger partial charge in [0.05, 0.1) is 0 Å². The molecule has 2 nitrogen and oxygen atoms in total. The summed E-state index contributed by atoms with van der Waals surface area (Å²) in [6.45, 7) is 7.42. The molecule has 0 bridgehead atoms. The summed E-state index contributed by atoms with van der Waals surface area (Å²) in [4.78, 5) is 0. The standard InChI is InChI=1S/C14H21NOS/c1-10-7-11(2)14(12(3)8-10)13-9-17(16)6-4-5-15-13/h7-8,13,15H,4-6,9H2,1-3H3. The minimum atomic E-state index is -0.673. The van der Waals surface area contributed by atoms with Crippen molar-refractivity contribution in [3.8, 4) is 0 Å². The Kier molecular flexibility index (Phi) is 4.00. The Morgan fingerprint density at radius 1 is 1.24 bits per heavy atom. The molecule has 2 atom stereocenters. The van der Waals surface area contributed by atoms with Crippen LogP contribution in [0.25, 0.3) is 0 Å². The second-order valence-electron chi connectivity index (χ2n) is 4.98. The minimum Gasteiger partial charge on any atom is -0.309 e. The lowest BCUT2D eigenvalue weighted by atomic mass is 9.95. The Hall–Kier alpha value is -0.670. The summed E-state index contributed by atoms with van der Waals surface area (Å²) in [7, 11) is -0.673. The van der Waals surface area contributed by atoms with Gasteiger partial charge < -0.3 is 5.32 Å². The van der Waals surface area contributed by atoms with Crippen molar-refractivity contribution < 1.29 is 4.21 Å². The van der Waals surface area contributed by atoms with Crippen molar-refractivity contribution in [2.24, 2.45) is 0 Å². The second kappa shape index (κ2) is 5.32. The van der Waals surface area contributed by atoms with E-state index in [1.165, 1.54) is 22.3 Å². The van der Waals surface area contributed by atoms with Gasteiger partial charge >= 0.3 is 0 Å². The maximum Gasteiger partial charge on any atom is 0.0442 e. The van der Waals surface area contributed by atoms with Crippen LogP contribution in [-0.2, 0) is 10.8 Å². The number of hydrogen-bond acceptors (Lipinski definition) is 2. The highest BCUT2D eigenvalue weighted by molar-refractivity contribution is 7.85. The zero-order valence-corrected chi connectivity index (χ0v) is 11.7. The maximum absolute atomic E-state index is 11.8. The van der Waals surface area contributed by atoms with Gasteiger partial charge in [-0.2, -0.15) is 0 Å². The minimum absolute atomic E-state index is 0.263. The third kappa shape index (κ3) is 2.96. The molecule has 0 aromatic heterocycles. The van der Waals surface area contributed by atoms with Gasteiger partial charge in [-0.05, 0) is 50.4 Å². The summed E-state index contributed by atoms with van der Waals surface area (Å²) >= 11 is 0. The Balaban J connectivity index is 2.35. The summed E-state index contributed by atoms with van der Waals surface area (Å²) < 4.78 is 11.8. The Morgan fingerprint density at radius 2 is 1.88 bits per heavy atom. The molecule has 3 heteroatoms. The van der Waals surface area contributed by atoms with Crippen LogP contribution in [0.5, 0.6) is 0 Å². The highest BCUT2D eigenvalue weighted by Gasteiger charge is 2.21. The Bertz CT molecular complexity index is 419. The highest BCUT2D eigenvalue weighted by atomic mass is 32.2. The largest absolute Gasteiger partial charge is 0.309 e. The van der Waals surface area contributed by atoms with Gasteiger partial charge in [0.2, 0.25) is 0 Å². The van der Waals surface area contributed by atoms with E-state index in [2.05, 4.69) is 38.2 Å². The third-order valence-corrected chi connectivity index (χ3v) is 4.83. The molecular weight excluding hydrogens is 230 g/mol. The summed E-state index contributed by atoms with van der Waals surface area (Å²) in [5.41, 5.74) is 5.29. The van der Waals surface area contributed by atoms with Crippen LogP contribution < -0.4 is 5.32 Å². The first-order valence-electron chi connectivity index (χ1n) is 6.24. The molecule has 0 aliphatic carbocycles.